The summed E-state index contributed by atoms with van der Waals surface area (Å²) in [6.07, 6.45) is -2.45. The Labute approximate surface area is 207 Å². The third kappa shape index (κ3) is 11.4. The average molecular weight is 506 g/mol. The van der Waals surface area contributed by atoms with Gasteiger partial charge in [0.15, 0.2) is 24.4 Å². The van der Waals surface area contributed by atoms with Gasteiger partial charge in [-0.1, -0.05) is 39.5 Å². The predicted octanol–water partition coefficient (Wildman–Crippen LogP) is 0.836. The number of hydrogen-bond donors (Lipinski definition) is 0. The molecular formula is C24H26O12. The molecule has 0 heterocycles. The highest BCUT2D eigenvalue weighted by Crippen LogP contribution is 2.21. The molecule has 0 rings (SSSR count). The van der Waals surface area contributed by atoms with Gasteiger partial charge in [0.05, 0.1) is 0 Å². The summed E-state index contributed by atoms with van der Waals surface area (Å²) in [5, 5.41) is 0. The molecule has 0 amide bonds. The van der Waals surface area contributed by atoms with Crippen LogP contribution in [0.4, 0.5) is 0 Å². The van der Waals surface area contributed by atoms with Crippen molar-refractivity contribution in [3.05, 3.63) is 75.9 Å². The van der Waals surface area contributed by atoms with Gasteiger partial charge in [-0.15, -0.1) is 0 Å². The molecule has 12 nitrogen and oxygen atoms in total. The Morgan fingerprint density at radius 3 is 0.944 bits per heavy atom. The molecule has 0 bridgehead atoms. The molecule has 12 heteroatoms. The van der Waals surface area contributed by atoms with Crippen molar-refractivity contribution in [3.8, 4) is 0 Å². The van der Waals surface area contributed by atoms with Crippen LogP contribution in [0.1, 0.15) is 0 Å². The highest BCUT2D eigenvalue weighted by atomic mass is 16.6. The zero-order valence-electron chi connectivity index (χ0n) is 19.3. The second-order valence-corrected chi connectivity index (χ2v) is 6.24. The average Bonchev–Trinajstić information content (AvgIpc) is 2.89. The third-order valence-corrected chi connectivity index (χ3v) is 3.88. The van der Waals surface area contributed by atoms with E-state index in [0.29, 0.717) is 0 Å². The SMILES string of the molecule is C=CC(=O)OC[C@H](OC(=O)C=C)[C@@H](OC(=O)C=C)[C@H](OC(=O)C=C)[C@@H](COC(=O)C=C)OC(=O)C=C. The minimum absolute atomic E-state index is 0.726. The standard InChI is InChI=1S/C24H26O12/c1-7-17(25)31-13-15(33-19(27)9-3)23(35-21(29)11-5)24(36-22(30)12-6)16(34-20(28)10-4)14-32-18(26)8-2/h7-12,15-16,23-24H,1-6,13-14H2/t15-,16+,23-,24-/m1/s1. The van der Waals surface area contributed by atoms with E-state index in [1.54, 1.807) is 0 Å². The van der Waals surface area contributed by atoms with Gasteiger partial charge >= 0.3 is 35.8 Å². The quantitative estimate of drug-likeness (QED) is 0.156. The van der Waals surface area contributed by atoms with Crippen molar-refractivity contribution in [3.63, 3.8) is 0 Å². The van der Waals surface area contributed by atoms with E-state index in [9.17, 15) is 28.8 Å². The molecule has 0 radical (unpaired) electrons. The molecule has 0 N–H and O–H groups in total. The first kappa shape index (κ1) is 31.3. The summed E-state index contributed by atoms with van der Waals surface area (Å²) in [5.74, 6) is -6.21. The number of rotatable bonds is 17. The zero-order chi connectivity index (χ0) is 27.7. The number of carbonyl (C=O) groups excluding carboxylic acids is 6. The minimum atomic E-state index is -1.83. The number of carbonyl (C=O) groups is 6. The van der Waals surface area contributed by atoms with Gasteiger partial charge in [-0.05, 0) is 0 Å². The fourth-order valence-electron chi connectivity index (χ4n) is 2.31. The van der Waals surface area contributed by atoms with E-state index in [0.717, 1.165) is 36.5 Å². The molecule has 0 saturated carbocycles. The summed E-state index contributed by atoms with van der Waals surface area (Å²) in [4.78, 5) is 71.5. The topological polar surface area (TPSA) is 158 Å². The van der Waals surface area contributed by atoms with Crippen molar-refractivity contribution in [1.29, 1.82) is 0 Å². The van der Waals surface area contributed by atoms with Gasteiger partial charge < -0.3 is 28.4 Å². The number of esters is 6. The summed E-state index contributed by atoms with van der Waals surface area (Å²) >= 11 is 0. The molecule has 0 aliphatic heterocycles. The highest BCUT2D eigenvalue weighted by Gasteiger charge is 2.45. The first-order chi connectivity index (χ1) is 17.1. The monoisotopic (exact) mass is 506 g/mol. The normalized spacial score (nSPS) is 13.0. The lowest BCUT2D eigenvalue weighted by Gasteiger charge is -2.35. The van der Waals surface area contributed by atoms with E-state index in [1.165, 1.54) is 0 Å². The van der Waals surface area contributed by atoms with Crippen molar-refractivity contribution < 1.29 is 57.2 Å². The largest absolute Gasteiger partial charge is 0.458 e. The Morgan fingerprint density at radius 1 is 0.444 bits per heavy atom. The second kappa shape index (κ2) is 16.8. The summed E-state index contributed by atoms with van der Waals surface area (Å²) < 4.78 is 30.6. The van der Waals surface area contributed by atoms with Crippen LogP contribution in [0.5, 0.6) is 0 Å². The molecule has 0 aliphatic carbocycles. The first-order valence-electron chi connectivity index (χ1n) is 9.97. The summed E-state index contributed by atoms with van der Waals surface area (Å²) in [5.41, 5.74) is 0. The number of hydrogen-bond acceptors (Lipinski definition) is 12. The maximum Gasteiger partial charge on any atom is 0.330 e. The molecule has 0 unspecified atom stereocenters. The zero-order valence-corrected chi connectivity index (χ0v) is 19.3. The van der Waals surface area contributed by atoms with Crippen molar-refractivity contribution in [2.24, 2.45) is 0 Å². The Balaban J connectivity index is 6.74. The van der Waals surface area contributed by atoms with Crippen LogP contribution >= 0.6 is 0 Å². The lowest BCUT2D eigenvalue weighted by molar-refractivity contribution is -0.202. The fourth-order valence-corrected chi connectivity index (χ4v) is 2.31. The lowest BCUT2D eigenvalue weighted by atomic mass is 10.0. The first-order valence-corrected chi connectivity index (χ1v) is 9.97. The van der Waals surface area contributed by atoms with Crippen LogP contribution in [-0.2, 0) is 57.2 Å². The van der Waals surface area contributed by atoms with Crippen LogP contribution in [0.3, 0.4) is 0 Å². The molecule has 0 spiro atoms. The van der Waals surface area contributed by atoms with Gasteiger partial charge in [0.2, 0.25) is 0 Å². The molecule has 0 aromatic rings. The van der Waals surface area contributed by atoms with Gasteiger partial charge in [0, 0.05) is 36.5 Å². The second-order valence-electron chi connectivity index (χ2n) is 6.24. The van der Waals surface area contributed by atoms with Crippen LogP contribution in [0, 0.1) is 0 Å². The Morgan fingerprint density at radius 2 is 0.694 bits per heavy atom. The Bertz CT molecular complexity index is 842. The maximum absolute atomic E-state index is 12.1. The van der Waals surface area contributed by atoms with Crippen LogP contribution in [-0.4, -0.2) is 73.4 Å². The van der Waals surface area contributed by atoms with Crippen LogP contribution < -0.4 is 0 Å². The van der Waals surface area contributed by atoms with Crippen LogP contribution in [0.25, 0.3) is 0 Å². The lowest BCUT2D eigenvalue weighted by Crippen LogP contribution is -2.54. The maximum atomic E-state index is 12.1. The van der Waals surface area contributed by atoms with E-state index in [2.05, 4.69) is 39.5 Å². The molecule has 0 fully saturated rings. The van der Waals surface area contributed by atoms with E-state index < -0.39 is 73.4 Å². The van der Waals surface area contributed by atoms with E-state index in [1.807, 2.05) is 0 Å². The summed E-state index contributed by atoms with van der Waals surface area (Å²) in [6.45, 7) is 17.9. The van der Waals surface area contributed by atoms with Gasteiger partial charge in [-0.3, -0.25) is 0 Å². The summed E-state index contributed by atoms with van der Waals surface area (Å²) in [7, 11) is 0. The molecule has 194 valence electrons. The predicted molar refractivity (Wildman–Crippen MR) is 123 cm³/mol. The van der Waals surface area contributed by atoms with Gasteiger partial charge in [-0.2, -0.15) is 0 Å². The van der Waals surface area contributed by atoms with Crippen molar-refractivity contribution >= 4 is 35.8 Å². The van der Waals surface area contributed by atoms with Crippen LogP contribution in [0.15, 0.2) is 75.9 Å². The molecule has 36 heavy (non-hydrogen) atoms. The summed E-state index contributed by atoms with van der Waals surface area (Å²) in [6, 6.07) is 0. The van der Waals surface area contributed by atoms with Crippen molar-refractivity contribution in [2.45, 2.75) is 24.4 Å². The Hall–Kier alpha value is -4.74. The minimum Gasteiger partial charge on any atom is -0.458 e. The van der Waals surface area contributed by atoms with Crippen molar-refractivity contribution in [1.82, 2.24) is 0 Å². The Kier molecular flexibility index (Phi) is 14.6. The molecule has 0 aromatic carbocycles. The molecule has 0 aromatic heterocycles. The third-order valence-electron chi connectivity index (χ3n) is 3.88. The molecule has 0 saturated heterocycles. The highest BCUT2D eigenvalue weighted by molar-refractivity contribution is 5.84. The fraction of sp³-hybridized carbons (Fsp3) is 0.250. The van der Waals surface area contributed by atoms with Gasteiger partial charge in [-0.25, -0.2) is 28.8 Å². The van der Waals surface area contributed by atoms with Crippen molar-refractivity contribution in [2.75, 3.05) is 13.2 Å². The van der Waals surface area contributed by atoms with E-state index in [4.69, 9.17) is 28.4 Å². The van der Waals surface area contributed by atoms with Gasteiger partial charge in [0.25, 0.3) is 0 Å². The van der Waals surface area contributed by atoms with E-state index in [-0.39, 0.29) is 0 Å². The molecule has 0 aliphatic rings. The molecular weight excluding hydrogens is 480 g/mol. The van der Waals surface area contributed by atoms with Gasteiger partial charge in [0.1, 0.15) is 13.2 Å². The molecule has 4 atom stereocenters. The van der Waals surface area contributed by atoms with E-state index >= 15 is 0 Å². The smallest absolute Gasteiger partial charge is 0.330 e. The number of ether oxygens (including phenoxy) is 6. The van der Waals surface area contributed by atoms with Crippen LogP contribution in [0.2, 0.25) is 0 Å².